The molecule has 0 N–H and O–H groups in total. The van der Waals surface area contributed by atoms with E-state index in [1.54, 1.807) is 0 Å². The molecule has 2 bridgehead atoms. The third-order valence-electron chi connectivity index (χ3n) is 2.82. The van der Waals surface area contributed by atoms with Gasteiger partial charge in [0, 0.05) is 23.8 Å². The third-order valence-corrected chi connectivity index (χ3v) is 2.82. The summed E-state index contributed by atoms with van der Waals surface area (Å²) in [6.45, 7) is 0. The minimum Gasteiger partial charge on any atom is -0.550 e. The van der Waals surface area contributed by atoms with Crippen LogP contribution < -0.4 is 10.2 Å². The number of fused-ring (bicyclic) bond motifs is 2. The topological polar surface area (TPSA) is 89.5 Å². The van der Waals surface area contributed by atoms with Crippen LogP contribution in [0.1, 0.15) is 12.8 Å². The van der Waals surface area contributed by atoms with Crippen molar-refractivity contribution in [1.29, 1.82) is 0 Å². The van der Waals surface area contributed by atoms with Gasteiger partial charge in [-0.3, -0.25) is 0 Å². The standard InChI is InChI=1S/C8H10O5.2Ag/c9-7(10)5-3-1-2-4(13-3)6(5)8(11)12;;/h3-6H,1-2H2,(H,9,10)(H,11,12);;/q;2*+1/p-2/t3-,4+,5-,6+;;. The number of aliphatic carboxylic acids is 2. The second-order valence-corrected chi connectivity index (χ2v) is 3.48. The monoisotopic (exact) mass is 398 g/mol. The summed E-state index contributed by atoms with van der Waals surface area (Å²) in [5, 5.41) is 21.2. The number of carboxylic acid groups (broad SMARTS) is 2. The van der Waals surface area contributed by atoms with E-state index < -0.39 is 36.0 Å². The maximum Gasteiger partial charge on any atom is 1.00 e. The molecule has 15 heavy (non-hydrogen) atoms. The Morgan fingerprint density at radius 2 is 1.27 bits per heavy atom. The van der Waals surface area contributed by atoms with Crippen LogP contribution in [0.4, 0.5) is 0 Å². The molecule has 2 aliphatic rings. The summed E-state index contributed by atoms with van der Waals surface area (Å²) in [7, 11) is 0. The van der Waals surface area contributed by atoms with E-state index >= 15 is 0 Å². The molecule has 2 fully saturated rings. The van der Waals surface area contributed by atoms with Gasteiger partial charge in [-0.15, -0.1) is 0 Å². The Bertz CT molecular complexity index is 244. The van der Waals surface area contributed by atoms with Crippen molar-refractivity contribution in [3.8, 4) is 0 Å². The van der Waals surface area contributed by atoms with E-state index in [0.717, 1.165) is 0 Å². The maximum absolute atomic E-state index is 10.6. The van der Waals surface area contributed by atoms with Crippen molar-refractivity contribution >= 4 is 11.9 Å². The van der Waals surface area contributed by atoms with Crippen LogP contribution in [-0.4, -0.2) is 24.1 Å². The molecule has 2 aliphatic heterocycles. The molecule has 0 aromatic heterocycles. The first-order valence-electron chi connectivity index (χ1n) is 4.18. The van der Waals surface area contributed by atoms with Crippen LogP contribution in [0.2, 0.25) is 0 Å². The van der Waals surface area contributed by atoms with Crippen molar-refractivity contribution in [2.24, 2.45) is 11.8 Å². The van der Waals surface area contributed by atoms with Gasteiger partial charge in [0.1, 0.15) is 0 Å². The van der Waals surface area contributed by atoms with E-state index in [4.69, 9.17) is 4.74 Å². The summed E-state index contributed by atoms with van der Waals surface area (Å²) in [6, 6.07) is 0. The molecule has 0 aliphatic carbocycles. The Morgan fingerprint density at radius 3 is 1.53 bits per heavy atom. The Hall–Kier alpha value is 0.381. The minimum absolute atomic E-state index is 0. The van der Waals surface area contributed by atoms with E-state index in [-0.39, 0.29) is 44.8 Å². The summed E-state index contributed by atoms with van der Waals surface area (Å²) in [6.07, 6.45) is 0.232. The predicted molar refractivity (Wildman–Crippen MR) is 34.9 cm³/mol. The van der Waals surface area contributed by atoms with Crippen molar-refractivity contribution in [2.75, 3.05) is 0 Å². The summed E-state index contributed by atoms with van der Waals surface area (Å²) in [5.41, 5.74) is 0. The molecule has 4 atom stereocenters. The normalized spacial score (nSPS) is 36.5. The summed E-state index contributed by atoms with van der Waals surface area (Å²) < 4.78 is 5.18. The molecule has 0 aromatic carbocycles. The number of carbonyl (C=O) groups is 2. The van der Waals surface area contributed by atoms with Crippen LogP contribution in [0.25, 0.3) is 0 Å². The number of hydrogen-bond donors (Lipinski definition) is 0. The number of hydrogen-bond acceptors (Lipinski definition) is 5. The van der Waals surface area contributed by atoms with E-state index in [9.17, 15) is 19.8 Å². The average molecular weight is 400 g/mol. The molecule has 7 heteroatoms. The largest absolute Gasteiger partial charge is 1.00 e. The fourth-order valence-corrected chi connectivity index (χ4v) is 2.28. The zero-order chi connectivity index (χ0) is 9.59. The molecule has 0 aromatic rings. The summed E-state index contributed by atoms with van der Waals surface area (Å²) in [5.74, 6) is -4.74. The van der Waals surface area contributed by atoms with Crippen molar-refractivity contribution in [3.05, 3.63) is 0 Å². The van der Waals surface area contributed by atoms with E-state index in [2.05, 4.69) is 0 Å². The quantitative estimate of drug-likeness (QED) is 0.470. The van der Waals surface area contributed by atoms with E-state index in [0.29, 0.717) is 12.8 Å². The second kappa shape index (κ2) is 5.63. The summed E-state index contributed by atoms with van der Waals surface area (Å²) >= 11 is 0. The number of ether oxygens (including phenoxy) is 1. The number of rotatable bonds is 2. The molecule has 5 nitrogen and oxygen atoms in total. The van der Waals surface area contributed by atoms with Crippen LogP contribution in [-0.2, 0) is 59.1 Å². The van der Waals surface area contributed by atoms with Gasteiger partial charge >= 0.3 is 44.8 Å². The van der Waals surface area contributed by atoms with Gasteiger partial charge in [0.25, 0.3) is 0 Å². The van der Waals surface area contributed by atoms with Crippen LogP contribution in [0.5, 0.6) is 0 Å². The van der Waals surface area contributed by atoms with Gasteiger partial charge in [0.2, 0.25) is 0 Å². The first-order valence-corrected chi connectivity index (χ1v) is 4.18. The van der Waals surface area contributed by atoms with Gasteiger partial charge in [-0.2, -0.15) is 0 Å². The maximum atomic E-state index is 10.6. The smallest absolute Gasteiger partial charge is 0.550 e. The zero-order valence-electron chi connectivity index (χ0n) is 7.37. The van der Waals surface area contributed by atoms with Gasteiger partial charge in [-0.1, -0.05) is 0 Å². The van der Waals surface area contributed by atoms with Gasteiger partial charge in [-0.25, -0.2) is 0 Å². The molecule has 0 spiro atoms. The SMILES string of the molecule is O=C([O-])[C@@H]1[C@H](C(=O)[O-])[C@H]2CC[C@@H]1O2.[Ag+].[Ag+]. The predicted octanol–water partition coefficient (Wildman–Crippen LogP) is -2.73. The average Bonchev–Trinajstić information content (AvgIpc) is 2.60. The zero-order valence-corrected chi connectivity index (χ0v) is 10.3. The van der Waals surface area contributed by atoms with Crippen LogP contribution in [0.3, 0.4) is 0 Å². The van der Waals surface area contributed by atoms with Gasteiger partial charge in [-0.05, 0) is 12.8 Å². The molecule has 0 unspecified atom stereocenters. The Balaban J connectivity index is 0.000000980. The van der Waals surface area contributed by atoms with Crippen molar-refractivity contribution in [1.82, 2.24) is 0 Å². The summed E-state index contributed by atoms with van der Waals surface area (Å²) in [4.78, 5) is 21.2. The van der Waals surface area contributed by atoms with Gasteiger partial charge in [0.15, 0.2) is 0 Å². The van der Waals surface area contributed by atoms with E-state index in [1.165, 1.54) is 0 Å². The Labute approximate surface area is 118 Å². The van der Waals surface area contributed by atoms with Crippen molar-refractivity contribution in [3.63, 3.8) is 0 Å². The van der Waals surface area contributed by atoms with E-state index in [1.807, 2.05) is 0 Å². The Morgan fingerprint density at radius 1 is 0.933 bits per heavy atom. The minimum atomic E-state index is -1.35. The van der Waals surface area contributed by atoms with Crippen molar-refractivity contribution in [2.45, 2.75) is 25.0 Å². The third kappa shape index (κ3) is 2.55. The first kappa shape index (κ1) is 15.4. The fourth-order valence-electron chi connectivity index (χ4n) is 2.28. The molecule has 0 saturated carbocycles. The molecule has 0 amide bonds. The van der Waals surface area contributed by atoms with Gasteiger partial charge < -0.3 is 24.5 Å². The second-order valence-electron chi connectivity index (χ2n) is 3.48. The molecule has 2 saturated heterocycles. The molecular weight excluding hydrogens is 392 g/mol. The number of carboxylic acids is 2. The first-order chi connectivity index (χ1) is 6.11. The van der Waals surface area contributed by atoms with Crippen molar-refractivity contribution < 1.29 is 69.3 Å². The van der Waals surface area contributed by atoms with Crippen LogP contribution in [0.15, 0.2) is 0 Å². The van der Waals surface area contributed by atoms with Gasteiger partial charge in [0.05, 0.1) is 12.2 Å². The fraction of sp³-hybridized carbons (Fsp3) is 0.750. The molecule has 2 rings (SSSR count). The molecule has 2 heterocycles. The molecular formula is C8H8Ag2O5. The molecule has 92 valence electrons. The van der Waals surface area contributed by atoms with Crippen LogP contribution >= 0.6 is 0 Å². The van der Waals surface area contributed by atoms with Crippen LogP contribution in [0, 0.1) is 11.8 Å². The number of carbonyl (C=O) groups excluding carboxylic acids is 2. The Kier molecular flexibility index (Phi) is 5.78. The molecule has 0 radical (unpaired) electrons.